The summed E-state index contributed by atoms with van der Waals surface area (Å²) in [7, 11) is -2.38. The maximum Gasteiger partial charge on any atom is 0.244 e. The Hall–Kier alpha value is -3.07. The second-order valence-electron chi connectivity index (χ2n) is 8.16. The van der Waals surface area contributed by atoms with Crippen molar-refractivity contribution in [1.29, 1.82) is 0 Å². The normalized spacial score (nSPS) is 12.0. The van der Waals surface area contributed by atoms with Crippen LogP contribution in [-0.4, -0.2) is 57.6 Å². The number of carbonyl (C=O) groups excluding carboxylic acids is 2. The Labute approximate surface area is 202 Å². The molecule has 8 nitrogen and oxygen atoms in total. The molecule has 0 fully saturated rings. The van der Waals surface area contributed by atoms with Crippen LogP contribution >= 0.6 is 0 Å². The zero-order valence-corrected chi connectivity index (χ0v) is 21.4. The molecule has 0 aliphatic heterocycles. The van der Waals surface area contributed by atoms with E-state index in [0.29, 0.717) is 18.7 Å². The third-order valence-corrected chi connectivity index (χ3v) is 6.57. The van der Waals surface area contributed by atoms with Gasteiger partial charge in [-0.15, -0.1) is 0 Å². The van der Waals surface area contributed by atoms with Gasteiger partial charge in [-0.05, 0) is 37.5 Å². The second kappa shape index (κ2) is 12.4. The van der Waals surface area contributed by atoms with Crippen molar-refractivity contribution in [2.24, 2.45) is 0 Å². The standard InChI is InChI=1S/C25H35N3O5S/c1-6-16-26-25(30)21(7-2)27(17-20-14-12-19(3)13-15-20)24(29)18-28(34(5,31)32)22-10-8-9-11-23(22)33-4/h8-15,21H,6-7,16-18H2,1-5H3,(H,26,30)/t21-/m1/s1. The summed E-state index contributed by atoms with van der Waals surface area (Å²) in [6, 6.07) is 13.6. The minimum absolute atomic E-state index is 0.181. The Morgan fingerprint density at radius 1 is 1.06 bits per heavy atom. The molecule has 0 heterocycles. The van der Waals surface area contributed by atoms with E-state index < -0.39 is 28.5 Å². The van der Waals surface area contributed by atoms with E-state index in [1.807, 2.05) is 45.0 Å². The van der Waals surface area contributed by atoms with Crippen molar-refractivity contribution in [2.45, 2.75) is 46.2 Å². The number of para-hydroxylation sites is 2. The number of nitrogens with one attached hydrogen (secondary N) is 1. The first-order chi connectivity index (χ1) is 16.1. The molecule has 34 heavy (non-hydrogen) atoms. The number of carbonyl (C=O) groups is 2. The van der Waals surface area contributed by atoms with E-state index >= 15 is 0 Å². The predicted molar refractivity (Wildman–Crippen MR) is 134 cm³/mol. The zero-order chi connectivity index (χ0) is 25.3. The van der Waals surface area contributed by atoms with Crippen LogP contribution in [0, 0.1) is 6.92 Å². The molecule has 0 radical (unpaired) electrons. The summed E-state index contributed by atoms with van der Waals surface area (Å²) in [5.41, 5.74) is 2.19. The fourth-order valence-corrected chi connectivity index (χ4v) is 4.46. The molecule has 1 N–H and O–H groups in total. The van der Waals surface area contributed by atoms with Crippen molar-refractivity contribution in [1.82, 2.24) is 10.2 Å². The largest absolute Gasteiger partial charge is 0.495 e. The van der Waals surface area contributed by atoms with Gasteiger partial charge in [-0.3, -0.25) is 13.9 Å². The van der Waals surface area contributed by atoms with E-state index in [0.717, 1.165) is 28.1 Å². The smallest absolute Gasteiger partial charge is 0.244 e. The van der Waals surface area contributed by atoms with E-state index in [9.17, 15) is 18.0 Å². The summed E-state index contributed by atoms with van der Waals surface area (Å²) in [4.78, 5) is 28.0. The third-order valence-electron chi connectivity index (χ3n) is 5.44. The molecular formula is C25H35N3O5S. The fourth-order valence-electron chi connectivity index (χ4n) is 3.61. The van der Waals surface area contributed by atoms with Crippen molar-refractivity contribution in [2.75, 3.05) is 30.8 Å². The number of hydrogen-bond donors (Lipinski definition) is 1. The summed E-state index contributed by atoms with van der Waals surface area (Å²) in [6.45, 7) is 5.98. The predicted octanol–water partition coefficient (Wildman–Crippen LogP) is 3.10. The molecule has 2 amide bonds. The van der Waals surface area contributed by atoms with Crippen molar-refractivity contribution in [3.8, 4) is 5.75 Å². The molecule has 0 spiro atoms. The summed E-state index contributed by atoms with van der Waals surface area (Å²) >= 11 is 0. The maximum absolute atomic E-state index is 13.6. The number of amides is 2. The number of anilines is 1. The van der Waals surface area contributed by atoms with Gasteiger partial charge in [0, 0.05) is 13.1 Å². The maximum atomic E-state index is 13.6. The molecule has 186 valence electrons. The molecule has 2 rings (SSSR count). The molecule has 2 aromatic carbocycles. The Morgan fingerprint density at radius 2 is 1.71 bits per heavy atom. The lowest BCUT2D eigenvalue weighted by molar-refractivity contribution is -0.140. The van der Waals surface area contributed by atoms with Crippen LogP contribution in [-0.2, 0) is 26.2 Å². The Balaban J connectivity index is 2.45. The van der Waals surface area contributed by atoms with Gasteiger partial charge in [0.2, 0.25) is 21.8 Å². The molecule has 0 aliphatic rings. The average Bonchev–Trinajstić information content (AvgIpc) is 2.81. The zero-order valence-electron chi connectivity index (χ0n) is 20.6. The van der Waals surface area contributed by atoms with E-state index in [1.54, 1.807) is 24.3 Å². The Morgan fingerprint density at radius 3 is 2.26 bits per heavy atom. The average molecular weight is 490 g/mol. The highest BCUT2D eigenvalue weighted by atomic mass is 32.2. The third kappa shape index (κ3) is 7.21. The van der Waals surface area contributed by atoms with Crippen LogP contribution in [0.25, 0.3) is 0 Å². The van der Waals surface area contributed by atoms with E-state index in [4.69, 9.17) is 4.74 Å². The first-order valence-corrected chi connectivity index (χ1v) is 13.2. The fraction of sp³-hybridized carbons (Fsp3) is 0.440. The number of hydrogen-bond acceptors (Lipinski definition) is 5. The molecule has 9 heteroatoms. The number of benzene rings is 2. The number of aryl methyl sites for hydroxylation is 1. The highest BCUT2D eigenvalue weighted by molar-refractivity contribution is 7.92. The summed E-state index contributed by atoms with van der Waals surface area (Å²) in [5.74, 6) is -0.401. The number of nitrogens with zero attached hydrogens (tertiary/aromatic N) is 2. The molecule has 0 saturated carbocycles. The van der Waals surface area contributed by atoms with Crippen molar-refractivity contribution >= 4 is 27.5 Å². The molecule has 2 aromatic rings. The topological polar surface area (TPSA) is 96.0 Å². The van der Waals surface area contributed by atoms with E-state index in [2.05, 4.69) is 5.32 Å². The highest BCUT2D eigenvalue weighted by Crippen LogP contribution is 2.29. The first kappa shape index (κ1) is 27.2. The SMILES string of the molecule is CCCNC(=O)[C@@H](CC)N(Cc1ccc(C)cc1)C(=O)CN(c1ccccc1OC)S(C)(=O)=O. The highest BCUT2D eigenvalue weighted by Gasteiger charge is 2.32. The summed E-state index contributed by atoms with van der Waals surface area (Å²) < 4.78 is 31.7. The van der Waals surface area contributed by atoms with Gasteiger partial charge in [0.15, 0.2) is 0 Å². The van der Waals surface area contributed by atoms with Gasteiger partial charge in [-0.25, -0.2) is 8.42 Å². The monoisotopic (exact) mass is 489 g/mol. The lowest BCUT2D eigenvalue weighted by Crippen LogP contribution is -2.52. The molecule has 0 unspecified atom stereocenters. The van der Waals surface area contributed by atoms with Gasteiger partial charge >= 0.3 is 0 Å². The number of sulfonamides is 1. The van der Waals surface area contributed by atoms with Crippen LogP contribution in [0.1, 0.15) is 37.8 Å². The van der Waals surface area contributed by atoms with Crippen LogP contribution in [0.3, 0.4) is 0 Å². The molecule has 0 aliphatic carbocycles. The van der Waals surface area contributed by atoms with Gasteiger partial charge < -0.3 is 15.0 Å². The minimum Gasteiger partial charge on any atom is -0.495 e. The van der Waals surface area contributed by atoms with Crippen molar-refractivity contribution in [3.63, 3.8) is 0 Å². The van der Waals surface area contributed by atoms with Crippen LogP contribution in [0.15, 0.2) is 48.5 Å². The van der Waals surface area contributed by atoms with Gasteiger partial charge in [0.05, 0.1) is 19.1 Å². The second-order valence-corrected chi connectivity index (χ2v) is 10.1. The number of rotatable bonds is 12. The van der Waals surface area contributed by atoms with Gasteiger partial charge in [0.1, 0.15) is 18.3 Å². The van der Waals surface area contributed by atoms with Crippen molar-refractivity contribution in [3.05, 3.63) is 59.7 Å². The minimum atomic E-state index is -3.82. The van der Waals surface area contributed by atoms with Gasteiger partial charge in [0.25, 0.3) is 0 Å². The van der Waals surface area contributed by atoms with Crippen LogP contribution in [0.2, 0.25) is 0 Å². The first-order valence-electron chi connectivity index (χ1n) is 11.4. The molecule has 0 aromatic heterocycles. The number of ether oxygens (including phenoxy) is 1. The van der Waals surface area contributed by atoms with E-state index in [-0.39, 0.29) is 18.1 Å². The number of methoxy groups -OCH3 is 1. The van der Waals surface area contributed by atoms with Gasteiger partial charge in [-0.1, -0.05) is 55.8 Å². The molecule has 0 bridgehead atoms. The molecule has 0 saturated heterocycles. The van der Waals surface area contributed by atoms with Gasteiger partial charge in [-0.2, -0.15) is 0 Å². The lowest BCUT2D eigenvalue weighted by Gasteiger charge is -2.33. The lowest BCUT2D eigenvalue weighted by atomic mass is 10.1. The molecular weight excluding hydrogens is 454 g/mol. The Kier molecular flexibility index (Phi) is 9.92. The van der Waals surface area contributed by atoms with Crippen LogP contribution < -0.4 is 14.4 Å². The van der Waals surface area contributed by atoms with E-state index in [1.165, 1.54) is 12.0 Å². The summed E-state index contributed by atoms with van der Waals surface area (Å²) in [5, 5.41) is 2.86. The Bertz CT molecular complexity index is 1070. The van der Waals surface area contributed by atoms with Crippen molar-refractivity contribution < 1.29 is 22.7 Å². The van der Waals surface area contributed by atoms with Crippen LogP contribution in [0.5, 0.6) is 5.75 Å². The summed E-state index contributed by atoms with van der Waals surface area (Å²) in [6.07, 6.45) is 2.20. The van der Waals surface area contributed by atoms with Crippen LogP contribution in [0.4, 0.5) is 5.69 Å². The molecule has 1 atom stereocenters. The quantitative estimate of drug-likeness (QED) is 0.494.